The van der Waals surface area contributed by atoms with Crippen molar-refractivity contribution in [2.24, 2.45) is 13.0 Å². The fourth-order valence-electron chi connectivity index (χ4n) is 5.59. The van der Waals surface area contributed by atoms with E-state index in [0.29, 0.717) is 29.6 Å². The molecule has 5 rings (SSSR count). The van der Waals surface area contributed by atoms with Crippen LogP contribution in [0.5, 0.6) is 5.75 Å². The maximum atomic E-state index is 13.0. The Balaban J connectivity index is 1.43. The van der Waals surface area contributed by atoms with Gasteiger partial charge in [0, 0.05) is 25.3 Å². The molecule has 2 aliphatic rings. The predicted octanol–water partition coefficient (Wildman–Crippen LogP) is 5.87. The molecule has 1 saturated carbocycles. The lowest BCUT2D eigenvalue weighted by atomic mass is 9.82. The summed E-state index contributed by atoms with van der Waals surface area (Å²) in [4.78, 5) is 8.99. The fourth-order valence-corrected chi connectivity index (χ4v) is 7.46. The van der Waals surface area contributed by atoms with E-state index in [1.165, 1.54) is 22.0 Å². The minimum atomic E-state index is -3.61. The van der Waals surface area contributed by atoms with Gasteiger partial charge < -0.3 is 20.7 Å². The summed E-state index contributed by atoms with van der Waals surface area (Å²) in [6.07, 6.45) is 7.56. The van der Waals surface area contributed by atoms with Gasteiger partial charge in [0.05, 0.1) is 29.4 Å². The number of benzene rings is 1. The Morgan fingerprint density at radius 3 is 2.51 bits per heavy atom. The van der Waals surface area contributed by atoms with Crippen molar-refractivity contribution in [1.29, 1.82) is 0 Å². The van der Waals surface area contributed by atoms with Crippen LogP contribution in [-0.2, 0) is 16.9 Å². The molecule has 0 spiro atoms. The molecule has 3 aromatic rings. The van der Waals surface area contributed by atoms with Crippen molar-refractivity contribution >= 4 is 44.6 Å². The lowest BCUT2D eigenvalue weighted by molar-refractivity contribution is 0.300. The van der Waals surface area contributed by atoms with E-state index in [1.807, 2.05) is 13.8 Å². The summed E-state index contributed by atoms with van der Waals surface area (Å²) in [5.74, 6) is 1.77. The van der Waals surface area contributed by atoms with Crippen molar-refractivity contribution in [2.75, 3.05) is 16.4 Å². The second-order valence-corrected chi connectivity index (χ2v) is 14.4. The van der Waals surface area contributed by atoms with Gasteiger partial charge in [0.2, 0.25) is 11.0 Å². The van der Waals surface area contributed by atoms with Crippen molar-refractivity contribution in [2.45, 2.75) is 89.4 Å². The zero-order valence-corrected chi connectivity index (χ0v) is 26.1. The second kappa shape index (κ2) is 11.8. The van der Waals surface area contributed by atoms with Crippen LogP contribution >= 0.6 is 11.6 Å². The molecule has 222 valence electrons. The molecule has 0 bridgehead atoms. The van der Waals surface area contributed by atoms with Gasteiger partial charge in [-0.1, -0.05) is 25.4 Å². The summed E-state index contributed by atoms with van der Waals surface area (Å²) in [5.41, 5.74) is 3.59. The molecule has 1 aliphatic carbocycles. The van der Waals surface area contributed by atoms with E-state index in [9.17, 15) is 8.42 Å². The monoisotopic (exact) mass is 601 g/mol. The summed E-state index contributed by atoms with van der Waals surface area (Å²) < 4.78 is 33.8. The molecule has 2 atom stereocenters. The Labute approximate surface area is 247 Å². The van der Waals surface area contributed by atoms with E-state index >= 15 is 0 Å². The number of hydrogen-bond acceptors (Lipinski definition) is 9. The topological polar surface area (TPSA) is 123 Å². The van der Waals surface area contributed by atoms with E-state index in [0.717, 1.165) is 37.1 Å². The van der Waals surface area contributed by atoms with E-state index in [2.05, 4.69) is 63.9 Å². The number of aromatic nitrogens is 4. The first-order valence-electron chi connectivity index (χ1n) is 14.3. The molecule has 2 unspecified atom stereocenters. The van der Waals surface area contributed by atoms with Crippen molar-refractivity contribution in [1.82, 2.24) is 25.1 Å². The Bertz CT molecular complexity index is 1510. The summed E-state index contributed by atoms with van der Waals surface area (Å²) in [7, 11) is -1.94. The number of sulfone groups is 1. The van der Waals surface area contributed by atoms with Gasteiger partial charge in [-0.25, -0.2) is 13.4 Å². The molecule has 1 aromatic carbocycles. The van der Waals surface area contributed by atoms with E-state index in [-0.39, 0.29) is 33.6 Å². The van der Waals surface area contributed by atoms with Crippen LogP contribution in [-0.4, -0.2) is 52.1 Å². The summed E-state index contributed by atoms with van der Waals surface area (Å²) in [5, 5.41) is 14.5. The SMILES string of the molecule is Cc1cc(Nc2ncc(Cl)c(Nc3cn(C)nc3S(=O)(=O)CC(C)C)n2)c(OC2CC2)cc1C1CC(C)NC(C)C1. The van der Waals surface area contributed by atoms with Crippen molar-refractivity contribution in [3.63, 3.8) is 0 Å². The van der Waals surface area contributed by atoms with Crippen LogP contribution in [0.2, 0.25) is 5.02 Å². The highest BCUT2D eigenvalue weighted by Gasteiger charge is 2.29. The van der Waals surface area contributed by atoms with Crippen LogP contribution in [0.1, 0.15) is 70.4 Å². The third-order valence-corrected chi connectivity index (χ3v) is 9.63. The molecule has 10 nitrogen and oxygen atoms in total. The van der Waals surface area contributed by atoms with Gasteiger partial charge in [0.15, 0.2) is 15.7 Å². The highest BCUT2D eigenvalue weighted by Crippen LogP contribution is 2.41. The highest BCUT2D eigenvalue weighted by molar-refractivity contribution is 7.91. The molecule has 1 aliphatic heterocycles. The number of nitrogens with zero attached hydrogens (tertiary/aromatic N) is 4. The molecule has 0 radical (unpaired) electrons. The number of ether oxygens (including phenoxy) is 1. The van der Waals surface area contributed by atoms with Crippen LogP contribution in [0, 0.1) is 12.8 Å². The third kappa shape index (κ3) is 7.13. The van der Waals surface area contributed by atoms with Gasteiger partial charge in [0.25, 0.3) is 0 Å². The lowest BCUT2D eigenvalue weighted by Crippen LogP contribution is -2.41. The van der Waals surface area contributed by atoms with Gasteiger partial charge >= 0.3 is 0 Å². The van der Waals surface area contributed by atoms with Gasteiger partial charge in [0.1, 0.15) is 10.8 Å². The number of halogens is 1. The number of anilines is 4. The van der Waals surface area contributed by atoms with Crippen LogP contribution in [0.4, 0.5) is 23.1 Å². The molecular formula is C29H40ClN7O3S. The summed E-state index contributed by atoms with van der Waals surface area (Å²) >= 11 is 6.45. The zero-order valence-electron chi connectivity index (χ0n) is 24.5. The molecule has 2 fully saturated rings. The zero-order chi connectivity index (χ0) is 29.5. The number of piperidine rings is 1. The van der Waals surface area contributed by atoms with Crippen LogP contribution < -0.4 is 20.7 Å². The average molecular weight is 602 g/mol. The fraction of sp³-hybridized carbons (Fsp3) is 0.552. The molecule has 2 aromatic heterocycles. The number of nitrogens with one attached hydrogen (secondary N) is 3. The number of rotatable bonds is 10. The highest BCUT2D eigenvalue weighted by atomic mass is 35.5. The molecule has 12 heteroatoms. The van der Waals surface area contributed by atoms with E-state index in [4.69, 9.17) is 16.3 Å². The molecule has 0 amide bonds. The van der Waals surface area contributed by atoms with Crippen molar-refractivity contribution in [3.05, 3.63) is 40.7 Å². The quantitative estimate of drug-likeness (QED) is 0.261. The second-order valence-electron chi connectivity index (χ2n) is 12.0. The number of hydrogen-bond donors (Lipinski definition) is 3. The largest absolute Gasteiger partial charge is 0.488 e. The first-order valence-corrected chi connectivity index (χ1v) is 16.3. The summed E-state index contributed by atoms with van der Waals surface area (Å²) in [6, 6.07) is 5.21. The minimum Gasteiger partial charge on any atom is -0.488 e. The third-order valence-electron chi connectivity index (χ3n) is 7.36. The lowest BCUT2D eigenvalue weighted by Gasteiger charge is -2.34. The smallest absolute Gasteiger partial charge is 0.229 e. The van der Waals surface area contributed by atoms with Crippen LogP contribution in [0.15, 0.2) is 29.6 Å². The molecule has 1 saturated heterocycles. The van der Waals surface area contributed by atoms with Gasteiger partial charge in [-0.15, -0.1) is 0 Å². The maximum absolute atomic E-state index is 13.0. The van der Waals surface area contributed by atoms with Crippen molar-refractivity contribution < 1.29 is 13.2 Å². The maximum Gasteiger partial charge on any atom is 0.229 e. The molecule has 3 N–H and O–H groups in total. The van der Waals surface area contributed by atoms with Gasteiger partial charge in [-0.3, -0.25) is 4.68 Å². The summed E-state index contributed by atoms with van der Waals surface area (Å²) in [6.45, 7) is 10.3. The minimum absolute atomic E-state index is 0.0166. The average Bonchev–Trinajstić information content (AvgIpc) is 3.60. The van der Waals surface area contributed by atoms with Gasteiger partial charge in [-0.2, -0.15) is 10.1 Å². The molecular weight excluding hydrogens is 562 g/mol. The van der Waals surface area contributed by atoms with Crippen LogP contribution in [0.25, 0.3) is 0 Å². The Hall–Kier alpha value is -2.89. The first kappa shape index (κ1) is 29.6. The van der Waals surface area contributed by atoms with Gasteiger partial charge in [-0.05, 0) is 81.5 Å². The van der Waals surface area contributed by atoms with Crippen molar-refractivity contribution in [3.8, 4) is 5.75 Å². The normalized spacial score (nSPS) is 21.2. The standard InChI is InChI=1S/C29H40ClN7O3S/c1-16(2)15-41(38,39)28-25(14-37(6)36-28)33-27-23(30)13-31-29(35-27)34-24-9-17(3)22(12-26(24)40-21-7-8-21)20-10-18(4)32-19(5)11-20/h9,12-14,16,18-21,32H,7-8,10-11,15H2,1-6H3,(H2,31,33,34,35). The molecule has 3 heterocycles. The van der Waals surface area contributed by atoms with Crippen LogP contribution in [0.3, 0.4) is 0 Å². The Kier molecular flexibility index (Phi) is 8.50. The van der Waals surface area contributed by atoms with E-state index < -0.39 is 9.84 Å². The number of aryl methyl sites for hydroxylation is 2. The first-order chi connectivity index (χ1) is 19.4. The Morgan fingerprint density at radius 2 is 1.85 bits per heavy atom. The van der Waals surface area contributed by atoms with E-state index in [1.54, 1.807) is 13.2 Å². The Morgan fingerprint density at radius 1 is 1.15 bits per heavy atom. The molecule has 41 heavy (non-hydrogen) atoms. The predicted molar refractivity (Wildman–Crippen MR) is 163 cm³/mol.